The lowest BCUT2D eigenvalue weighted by Gasteiger charge is -2.18. The molecule has 0 aromatic carbocycles. The van der Waals surface area contributed by atoms with E-state index in [0.717, 1.165) is 23.5 Å². The highest BCUT2D eigenvalue weighted by Crippen LogP contribution is 2.21. The summed E-state index contributed by atoms with van der Waals surface area (Å²) in [4.78, 5) is 16.4. The minimum absolute atomic E-state index is 0.00249. The van der Waals surface area contributed by atoms with Crippen molar-refractivity contribution in [1.29, 1.82) is 0 Å². The SMILES string of the molecule is CCC(NC(=O)N[C@@H]1C=C[C@H](CO)C1)c1nc(C)cs1. The summed E-state index contributed by atoms with van der Waals surface area (Å²) in [6, 6.07) is -0.228. The van der Waals surface area contributed by atoms with Crippen molar-refractivity contribution < 1.29 is 9.90 Å². The van der Waals surface area contributed by atoms with Gasteiger partial charge in [-0.15, -0.1) is 11.3 Å². The first kappa shape index (κ1) is 15.0. The van der Waals surface area contributed by atoms with Gasteiger partial charge in [0.15, 0.2) is 0 Å². The maximum absolute atomic E-state index is 12.0. The number of rotatable bonds is 5. The molecule has 0 bridgehead atoms. The fraction of sp³-hybridized carbons (Fsp3) is 0.571. The van der Waals surface area contributed by atoms with Crippen LogP contribution in [0.25, 0.3) is 0 Å². The maximum atomic E-state index is 12.0. The molecule has 1 unspecified atom stereocenters. The lowest BCUT2D eigenvalue weighted by molar-refractivity contribution is 0.228. The predicted octanol–water partition coefficient (Wildman–Crippen LogP) is 2.14. The number of aryl methyl sites for hydroxylation is 1. The third-order valence-electron chi connectivity index (χ3n) is 3.37. The molecule has 1 aromatic rings. The highest BCUT2D eigenvalue weighted by molar-refractivity contribution is 7.09. The second-order valence-electron chi connectivity index (χ2n) is 5.08. The van der Waals surface area contributed by atoms with Crippen LogP contribution in [0.5, 0.6) is 0 Å². The van der Waals surface area contributed by atoms with Crippen LogP contribution in [-0.4, -0.2) is 28.8 Å². The van der Waals surface area contributed by atoms with Gasteiger partial charge in [-0.1, -0.05) is 19.1 Å². The van der Waals surface area contributed by atoms with Crippen molar-refractivity contribution in [2.75, 3.05) is 6.61 Å². The average molecular weight is 295 g/mol. The molecule has 0 saturated carbocycles. The average Bonchev–Trinajstić information content (AvgIpc) is 3.05. The van der Waals surface area contributed by atoms with Crippen LogP contribution in [0.15, 0.2) is 17.5 Å². The van der Waals surface area contributed by atoms with E-state index in [2.05, 4.69) is 15.6 Å². The molecular formula is C14H21N3O2S. The first-order valence-corrected chi connectivity index (χ1v) is 7.78. The molecular weight excluding hydrogens is 274 g/mol. The van der Waals surface area contributed by atoms with Gasteiger partial charge in [0.25, 0.3) is 0 Å². The lowest BCUT2D eigenvalue weighted by Crippen LogP contribution is -2.42. The third-order valence-corrected chi connectivity index (χ3v) is 4.45. The number of urea groups is 1. The van der Waals surface area contributed by atoms with Crippen LogP contribution in [0.3, 0.4) is 0 Å². The Morgan fingerprint density at radius 2 is 2.40 bits per heavy atom. The van der Waals surface area contributed by atoms with Crippen molar-refractivity contribution in [1.82, 2.24) is 15.6 Å². The number of thiazole rings is 1. The molecule has 6 heteroatoms. The van der Waals surface area contributed by atoms with Gasteiger partial charge in [0.1, 0.15) is 5.01 Å². The van der Waals surface area contributed by atoms with Gasteiger partial charge in [0, 0.05) is 29.6 Å². The highest BCUT2D eigenvalue weighted by atomic mass is 32.1. The summed E-state index contributed by atoms with van der Waals surface area (Å²) < 4.78 is 0. The zero-order valence-corrected chi connectivity index (χ0v) is 12.6. The number of amides is 2. The smallest absolute Gasteiger partial charge is 0.315 e. The lowest BCUT2D eigenvalue weighted by atomic mass is 10.1. The van der Waals surface area contributed by atoms with Gasteiger partial charge in [0.05, 0.1) is 6.04 Å². The van der Waals surface area contributed by atoms with Crippen LogP contribution >= 0.6 is 11.3 Å². The number of aromatic nitrogens is 1. The molecule has 2 amide bonds. The standard InChI is InChI=1S/C14H21N3O2S/c1-3-12(13-15-9(2)8-20-13)17-14(19)16-11-5-4-10(6-11)7-18/h4-5,8,10-12,18H,3,6-7H2,1-2H3,(H2,16,17,19)/t10-,11+,12?/m0/s1. The van der Waals surface area contributed by atoms with E-state index in [1.807, 2.05) is 31.4 Å². The highest BCUT2D eigenvalue weighted by Gasteiger charge is 2.21. The number of nitrogens with one attached hydrogen (secondary N) is 2. The number of aliphatic hydroxyl groups excluding tert-OH is 1. The molecule has 20 heavy (non-hydrogen) atoms. The fourth-order valence-corrected chi connectivity index (χ4v) is 3.19. The van der Waals surface area contributed by atoms with E-state index >= 15 is 0 Å². The van der Waals surface area contributed by atoms with Crippen molar-refractivity contribution in [2.24, 2.45) is 5.92 Å². The summed E-state index contributed by atoms with van der Waals surface area (Å²) in [6.07, 6.45) is 5.46. The van der Waals surface area contributed by atoms with E-state index in [9.17, 15) is 4.79 Å². The molecule has 0 spiro atoms. The number of aliphatic hydroxyl groups is 1. The molecule has 0 saturated heterocycles. The molecule has 2 rings (SSSR count). The summed E-state index contributed by atoms with van der Waals surface area (Å²) in [6.45, 7) is 4.11. The summed E-state index contributed by atoms with van der Waals surface area (Å²) in [5.74, 6) is 0.156. The Hall–Kier alpha value is -1.40. The van der Waals surface area contributed by atoms with E-state index < -0.39 is 0 Å². The molecule has 5 nitrogen and oxygen atoms in total. The van der Waals surface area contributed by atoms with Crippen LogP contribution in [0.2, 0.25) is 0 Å². The molecule has 110 valence electrons. The zero-order valence-electron chi connectivity index (χ0n) is 11.8. The van der Waals surface area contributed by atoms with Crippen LogP contribution in [0.4, 0.5) is 4.79 Å². The van der Waals surface area contributed by atoms with Crippen molar-refractivity contribution in [3.63, 3.8) is 0 Å². The van der Waals surface area contributed by atoms with Crippen molar-refractivity contribution >= 4 is 17.4 Å². The summed E-state index contributed by atoms with van der Waals surface area (Å²) >= 11 is 1.57. The predicted molar refractivity (Wildman–Crippen MR) is 79.7 cm³/mol. The van der Waals surface area contributed by atoms with Gasteiger partial charge >= 0.3 is 6.03 Å². The van der Waals surface area contributed by atoms with Gasteiger partial charge in [-0.25, -0.2) is 9.78 Å². The van der Waals surface area contributed by atoms with E-state index in [-0.39, 0.29) is 30.6 Å². The second-order valence-corrected chi connectivity index (χ2v) is 5.97. The Labute approximate surface area is 123 Å². The monoisotopic (exact) mass is 295 g/mol. The van der Waals surface area contributed by atoms with E-state index in [1.54, 1.807) is 11.3 Å². The van der Waals surface area contributed by atoms with Crippen LogP contribution in [0.1, 0.15) is 36.5 Å². The number of carbonyl (C=O) groups is 1. The van der Waals surface area contributed by atoms with Crippen molar-refractivity contribution in [3.8, 4) is 0 Å². The summed E-state index contributed by atoms with van der Waals surface area (Å²) in [5.41, 5.74) is 0.982. The van der Waals surface area contributed by atoms with E-state index in [4.69, 9.17) is 5.11 Å². The van der Waals surface area contributed by atoms with Crippen LogP contribution < -0.4 is 10.6 Å². The van der Waals surface area contributed by atoms with Crippen LogP contribution in [-0.2, 0) is 0 Å². The summed E-state index contributed by atoms with van der Waals surface area (Å²) in [7, 11) is 0. The number of nitrogens with zero attached hydrogens (tertiary/aromatic N) is 1. The first-order valence-electron chi connectivity index (χ1n) is 6.90. The Balaban J connectivity index is 1.85. The quantitative estimate of drug-likeness (QED) is 0.729. The number of hydrogen-bond donors (Lipinski definition) is 3. The van der Waals surface area contributed by atoms with Crippen molar-refractivity contribution in [3.05, 3.63) is 28.2 Å². The van der Waals surface area contributed by atoms with Gasteiger partial charge in [-0.05, 0) is 19.8 Å². The van der Waals surface area contributed by atoms with Gasteiger partial charge in [0.2, 0.25) is 0 Å². The minimum atomic E-state index is -0.182. The minimum Gasteiger partial charge on any atom is -0.396 e. The molecule has 3 N–H and O–H groups in total. The van der Waals surface area contributed by atoms with Gasteiger partial charge in [-0.3, -0.25) is 0 Å². The molecule has 3 atom stereocenters. The Kier molecular flexibility index (Phi) is 5.14. The molecule has 1 aliphatic carbocycles. The zero-order chi connectivity index (χ0) is 14.5. The molecule has 1 aliphatic rings. The normalized spacial score (nSPS) is 22.8. The number of hydrogen-bond acceptors (Lipinski definition) is 4. The number of carbonyl (C=O) groups excluding carboxylic acids is 1. The van der Waals surface area contributed by atoms with E-state index in [1.165, 1.54) is 0 Å². The first-order chi connectivity index (χ1) is 9.62. The topological polar surface area (TPSA) is 74.2 Å². The summed E-state index contributed by atoms with van der Waals surface area (Å²) in [5, 5.41) is 17.9. The molecule has 0 fully saturated rings. The Bertz CT molecular complexity index is 487. The fourth-order valence-electron chi connectivity index (χ4n) is 2.26. The third kappa shape index (κ3) is 3.80. The molecule has 0 radical (unpaired) electrons. The maximum Gasteiger partial charge on any atom is 0.315 e. The second kappa shape index (κ2) is 6.85. The molecule has 1 heterocycles. The van der Waals surface area contributed by atoms with Crippen LogP contribution in [0, 0.1) is 12.8 Å². The van der Waals surface area contributed by atoms with Gasteiger partial charge in [-0.2, -0.15) is 0 Å². The van der Waals surface area contributed by atoms with E-state index in [0.29, 0.717) is 0 Å². The largest absolute Gasteiger partial charge is 0.396 e. The molecule has 0 aliphatic heterocycles. The van der Waals surface area contributed by atoms with Gasteiger partial charge < -0.3 is 15.7 Å². The Morgan fingerprint density at radius 3 is 2.95 bits per heavy atom. The van der Waals surface area contributed by atoms with Crippen molar-refractivity contribution in [2.45, 2.75) is 38.8 Å². The molecule has 1 aromatic heterocycles. The Morgan fingerprint density at radius 1 is 1.60 bits per heavy atom.